The molecule has 1 unspecified atom stereocenters. The van der Waals surface area contributed by atoms with Crippen LogP contribution in [0.25, 0.3) is 0 Å². The van der Waals surface area contributed by atoms with Crippen molar-refractivity contribution in [1.82, 2.24) is 0 Å². The fourth-order valence-electron chi connectivity index (χ4n) is 2.16. The van der Waals surface area contributed by atoms with Crippen LogP contribution in [0.4, 0.5) is 0 Å². The van der Waals surface area contributed by atoms with Crippen molar-refractivity contribution in [1.29, 1.82) is 11.1 Å². The standard InChI is InChI=1S/C11H15N9O2/c12-7-2-1-5-3-8(21-10(17-13)18-14)9(4-6(5)7)22-11(19-15)20-16/h3-4,7,13,15H,1-2,12,14,16H2. The zero-order chi connectivity index (χ0) is 16.1. The van der Waals surface area contributed by atoms with E-state index in [1.807, 2.05) is 0 Å². The summed E-state index contributed by atoms with van der Waals surface area (Å²) in [7, 11) is 0. The zero-order valence-corrected chi connectivity index (χ0v) is 11.5. The lowest BCUT2D eigenvalue weighted by molar-refractivity contribution is 0.466. The van der Waals surface area contributed by atoms with Gasteiger partial charge in [0.25, 0.3) is 0 Å². The average molecular weight is 305 g/mol. The van der Waals surface area contributed by atoms with Gasteiger partial charge in [-0.05, 0) is 36.1 Å². The molecule has 0 saturated carbocycles. The van der Waals surface area contributed by atoms with Crippen molar-refractivity contribution >= 4 is 12.0 Å². The van der Waals surface area contributed by atoms with Gasteiger partial charge in [-0.25, -0.2) is 0 Å². The number of hydrogen-bond acceptors (Lipinski definition) is 9. The first-order chi connectivity index (χ1) is 10.6. The molecule has 0 radical (unpaired) electrons. The van der Waals surface area contributed by atoms with Crippen LogP contribution in [0, 0.1) is 11.1 Å². The molecule has 2 rings (SSSR count). The Morgan fingerprint density at radius 2 is 1.59 bits per heavy atom. The summed E-state index contributed by atoms with van der Waals surface area (Å²) in [4.78, 5) is 0. The number of aryl methyl sites for hydroxylation is 1. The molecule has 1 aromatic rings. The zero-order valence-electron chi connectivity index (χ0n) is 11.5. The van der Waals surface area contributed by atoms with Crippen molar-refractivity contribution in [3.8, 4) is 11.5 Å². The number of benzene rings is 1. The summed E-state index contributed by atoms with van der Waals surface area (Å²) in [6.07, 6.45) is 1.57. The van der Waals surface area contributed by atoms with Crippen molar-refractivity contribution in [2.24, 2.45) is 37.9 Å². The minimum atomic E-state index is -0.370. The molecule has 116 valence electrons. The van der Waals surface area contributed by atoms with Gasteiger partial charge in [0.2, 0.25) is 0 Å². The summed E-state index contributed by atoms with van der Waals surface area (Å²) in [6, 6.07) is 2.48. The number of ether oxygens (including phenoxy) is 2. The van der Waals surface area contributed by atoms with Crippen molar-refractivity contribution in [3.63, 3.8) is 0 Å². The number of rotatable bonds is 2. The van der Waals surface area contributed by atoms with Crippen LogP contribution < -0.4 is 26.9 Å². The van der Waals surface area contributed by atoms with Gasteiger partial charge in [-0.3, -0.25) is 0 Å². The second-order valence-corrected chi connectivity index (χ2v) is 4.39. The molecule has 0 aromatic heterocycles. The topological polar surface area (TPSA) is 194 Å². The molecule has 0 spiro atoms. The van der Waals surface area contributed by atoms with E-state index in [1.165, 1.54) is 0 Å². The van der Waals surface area contributed by atoms with E-state index in [4.69, 9.17) is 38.0 Å². The Kier molecular flexibility index (Phi) is 4.58. The van der Waals surface area contributed by atoms with E-state index >= 15 is 0 Å². The number of fused-ring (bicyclic) bond motifs is 1. The van der Waals surface area contributed by atoms with E-state index in [-0.39, 0.29) is 29.6 Å². The number of nitrogens with zero attached hydrogens (tertiary/aromatic N) is 4. The van der Waals surface area contributed by atoms with Gasteiger partial charge in [-0.15, -0.1) is 10.2 Å². The third-order valence-electron chi connectivity index (χ3n) is 3.14. The maximum Gasteiger partial charge on any atom is 0.357 e. The molecular formula is C11H15N9O2. The summed E-state index contributed by atoms with van der Waals surface area (Å²) in [5.41, 5.74) is 21.7. The predicted molar refractivity (Wildman–Crippen MR) is 76.5 cm³/mol. The van der Waals surface area contributed by atoms with E-state index in [1.54, 1.807) is 12.1 Å². The minimum Gasteiger partial charge on any atom is -0.418 e. The highest BCUT2D eigenvalue weighted by Gasteiger charge is 2.24. The Bertz CT molecular complexity index is 655. The second-order valence-electron chi connectivity index (χ2n) is 4.39. The molecule has 1 aliphatic rings. The van der Waals surface area contributed by atoms with Gasteiger partial charge in [0, 0.05) is 6.04 Å². The van der Waals surface area contributed by atoms with Gasteiger partial charge in [0.05, 0.1) is 0 Å². The lowest BCUT2D eigenvalue weighted by atomic mass is 10.1. The van der Waals surface area contributed by atoms with Crippen molar-refractivity contribution in [2.45, 2.75) is 18.9 Å². The summed E-state index contributed by atoms with van der Waals surface area (Å²) < 4.78 is 10.6. The van der Waals surface area contributed by atoms with Gasteiger partial charge >= 0.3 is 12.0 Å². The largest absolute Gasteiger partial charge is 0.418 e. The van der Waals surface area contributed by atoms with Crippen molar-refractivity contribution in [3.05, 3.63) is 23.3 Å². The first-order valence-electron chi connectivity index (χ1n) is 6.21. The van der Waals surface area contributed by atoms with Gasteiger partial charge < -0.3 is 26.9 Å². The highest BCUT2D eigenvalue weighted by atomic mass is 16.5. The van der Waals surface area contributed by atoms with E-state index in [0.29, 0.717) is 0 Å². The Hall–Kier alpha value is -3.08. The number of hydrazone groups is 2. The van der Waals surface area contributed by atoms with Crippen LogP contribution in [0.3, 0.4) is 0 Å². The lowest BCUT2D eigenvalue weighted by Gasteiger charge is -2.13. The molecule has 0 amide bonds. The highest BCUT2D eigenvalue weighted by Crippen LogP contribution is 2.38. The van der Waals surface area contributed by atoms with Crippen LogP contribution in [0.15, 0.2) is 32.6 Å². The van der Waals surface area contributed by atoms with E-state index in [2.05, 4.69) is 20.4 Å². The number of hydrogen-bond donors (Lipinski definition) is 5. The summed E-state index contributed by atoms with van der Waals surface area (Å²) in [6.45, 7) is 0. The molecule has 0 aliphatic heterocycles. The van der Waals surface area contributed by atoms with Crippen LogP contribution >= 0.6 is 0 Å². The Morgan fingerprint density at radius 1 is 1.05 bits per heavy atom. The Labute approximate surface area is 125 Å². The molecule has 0 saturated heterocycles. The first kappa shape index (κ1) is 15.3. The molecule has 0 fully saturated rings. The van der Waals surface area contributed by atoms with Crippen LogP contribution in [0.5, 0.6) is 11.5 Å². The lowest BCUT2D eigenvalue weighted by Crippen LogP contribution is -2.13. The predicted octanol–water partition coefficient (Wildman–Crippen LogP) is 0.912. The number of nitrogens with one attached hydrogen (secondary N) is 2. The summed E-state index contributed by atoms with van der Waals surface area (Å²) >= 11 is 0. The molecule has 1 aromatic carbocycles. The van der Waals surface area contributed by atoms with E-state index in [9.17, 15) is 0 Å². The van der Waals surface area contributed by atoms with Crippen molar-refractivity contribution in [2.75, 3.05) is 0 Å². The van der Waals surface area contributed by atoms with E-state index < -0.39 is 0 Å². The molecule has 0 bridgehead atoms. The Balaban J connectivity index is 2.45. The highest BCUT2D eigenvalue weighted by molar-refractivity contribution is 5.79. The fraction of sp³-hybridized carbons (Fsp3) is 0.273. The second kappa shape index (κ2) is 6.58. The molecule has 22 heavy (non-hydrogen) atoms. The van der Waals surface area contributed by atoms with Crippen LogP contribution in [0.1, 0.15) is 23.6 Å². The molecule has 0 heterocycles. The third kappa shape index (κ3) is 2.98. The van der Waals surface area contributed by atoms with Crippen LogP contribution in [-0.4, -0.2) is 12.0 Å². The molecular weight excluding hydrogens is 290 g/mol. The maximum absolute atomic E-state index is 6.92. The first-order valence-corrected chi connectivity index (χ1v) is 6.21. The van der Waals surface area contributed by atoms with Gasteiger partial charge in [0.15, 0.2) is 11.5 Å². The molecule has 11 heteroatoms. The van der Waals surface area contributed by atoms with Crippen molar-refractivity contribution < 1.29 is 9.47 Å². The number of nitrogens with two attached hydrogens (primary N) is 3. The molecule has 8 N–H and O–H groups in total. The molecule has 1 aliphatic carbocycles. The van der Waals surface area contributed by atoms with Gasteiger partial charge in [-0.1, -0.05) is 10.2 Å². The average Bonchev–Trinajstić information content (AvgIpc) is 2.90. The minimum absolute atomic E-state index is 0.124. The smallest absolute Gasteiger partial charge is 0.357 e. The monoisotopic (exact) mass is 305 g/mol. The molecule has 1 atom stereocenters. The number of amidine groups is 2. The fourth-order valence-corrected chi connectivity index (χ4v) is 2.16. The van der Waals surface area contributed by atoms with Crippen LogP contribution in [0.2, 0.25) is 0 Å². The summed E-state index contributed by atoms with van der Waals surface area (Å²) in [5.74, 6) is 10.5. The quantitative estimate of drug-likeness (QED) is 0.178. The normalized spacial score (nSPS) is 17.8. The van der Waals surface area contributed by atoms with Crippen LogP contribution in [-0.2, 0) is 6.42 Å². The maximum atomic E-state index is 6.92. The molecule has 11 nitrogen and oxygen atoms in total. The van der Waals surface area contributed by atoms with Gasteiger partial charge in [-0.2, -0.15) is 11.1 Å². The Morgan fingerprint density at radius 3 is 2.09 bits per heavy atom. The SMILES string of the molecule is N=NC(=NN)Oc1cc2c(cc1OC(N=N)=NN)C(N)CC2. The van der Waals surface area contributed by atoms with Gasteiger partial charge in [0.1, 0.15) is 0 Å². The third-order valence-corrected chi connectivity index (χ3v) is 3.14. The van der Waals surface area contributed by atoms with E-state index in [0.717, 1.165) is 24.0 Å². The summed E-state index contributed by atoms with van der Waals surface area (Å²) in [5, 5.41) is 12.5.